The summed E-state index contributed by atoms with van der Waals surface area (Å²) < 4.78 is 27.9. The minimum atomic E-state index is -4.04. The summed E-state index contributed by atoms with van der Waals surface area (Å²) in [6.45, 7) is 5.73. The maximum atomic E-state index is 13.5. The number of carbonyl (C=O) groups is 1. The van der Waals surface area contributed by atoms with Crippen LogP contribution in [0.3, 0.4) is 0 Å². The van der Waals surface area contributed by atoms with Gasteiger partial charge in [0.05, 0.1) is 10.6 Å². The van der Waals surface area contributed by atoms with Crippen LogP contribution in [0.2, 0.25) is 10.0 Å². The van der Waals surface area contributed by atoms with Crippen LogP contribution in [0.1, 0.15) is 32.8 Å². The number of nitrogens with one attached hydrogen (secondary N) is 1. The van der Waals surface area contributed by atoms with Crippen molar-refractivity contribution in [3.8, 4) is 0 Å². The molecule has 0 saturated carbocycles. The van der Waals surface area contributed by atoms with Gasteiger partial charge in [-0.25, -0.2) is 8.42 Å². The van der Waals surface area contributed by atoms with Gasteiger partial charge in [0.1, 0.15) is 6.54 Å². The van der Waals surface area contributed by atoms with E-state index in [1.165, 1.54) is 30.3 Å². The van der Waals surface area contributed by atoms with E-state index in [0.29, 0.717) is 6.42 Å². The van der Waals surface area contributed by atoms with Gasteiger partial charge in [0, 0.05) is 16.1 Å². The van der Waals surface area contributed by atoms with Gasteiger partial charge in [-0.05, 0) is 54.7 Å². The highest BCUT2D eigenvalue weighted by Crippen LogP contribution is 2.30. The summed E-state index contributed by atoms with van der Waals surface area (Å²) in [5, 5.41) is 3.49. The Morgan fingerprint density at radius 2 is 1.47 bits per heavy atom. The molecule has 8 heteroatoms. The lowest BCUT2D eigenvalue weighted by molar-refractivity contribution is -0.120. The highest BCUT2D eigenvalue weighted by atomic mass is 35.5. The van der Waals surface area contributed by atoms with Crippen LogP contribution in [-0.4, -0.2) is 26.9 Å². The maximum Gasteiger partial charge on any atom is 0.264 e. The van der Waals surface area contributed by atoms with Gasteiger partial charge in [-0.15, -0.1) is 0 Å². The summed E-state index contributed by atoms with van der Waals surface area (Å²) in [6.07, 6.45) is 0.678. The molecule has 0 bridgehead atoms. The predicted molar refractivity (Wildman–Crippen MR) is 139 cm³/mol. The summed E-state index contributed by atoms with van der Waals surface area (Å²) in [4.78, 5) is 13.1. The zero-order valence-corrected chi connectivity index (χ0v) is 21.7. The smallest absolute Gasteiger partial charge is 0.264 e. The molecule has 0 spiro atoms. The number of hydrogen-bond acceptors (Lipinski definition) is 3. The molecular weight excluding hydrogens is 491 g/mol. The second-order valence-electron chi connectivity index (χ2n) is 8.87. The SMILES string of the molecule is CC(CC(C)(C)c1ccccc1)NC(=O)CN(c1cc(Cl)cc(Cl)c1)S(=O)(=O)c1ccccc1. The molecule has 3 rings (SSSR count). The van der Waals surface area contributed by atoms with Crippen LogP contribution in [0.4, 0.5) is 5.69 Å². The summed E-state index contributed by atoms with van der Waals surface area (Å²) >= 11 is 12.3. The fourth-order valence-corrected chi connectivity index (χ4v) is 5.93. The molecule has 3 aromatic carbocycles. The van der Waals surface area contributed by atoms with Crippen molar-refractivity contribution >= 4 is 44.8 Å². The van der Waals surface area contributed by atoms with E-state index in [4.69, 9.17) is 23.2 Å². The minimum Gasteiger partial charge on any atom is -0.352 e. The minimum absolute atomic E-state index is 0.0668. The van der Waals surface area contributed by atoms with Crippen molar-refractivity contribution in [3.63, 3.8) is 0 Å². The van der Waals surface area contributed by atoms with E-state index in [1.54, 1.807) is 18.2 Å². The Morgan fingerprint density at radius 1 is 0.941 bits per heavy atom. The first-order valence-electron chi connectivity index (χ1n) is 10.9. The molecule has 0 aliphatic rings. The van der Waals surface area contributed by atoms with Crippen LogP contribution < -0.4 is 9.62 Å². The zero-order chi connectivity index (χ0) is 24.9. The molecule has 180 valence electrons. The Balaban J connectivity index is 1.83. The third-order valence-corrected chi connectivity index (χ3v) is 7.76. The van der Waals surface area contributed by atoms with Crippen LogP contribution in [0.5, 0.6) is 0 Å². The van der Waals surface area contributed by atoms with Gasteiger partial charge in [0.2, 0.25) is 5.91 Å². The number of halogens is 2. The highest BCUT2D eigenvalue weighted by Gasteiger charge is 2.29. The fraction of sp³-hybridized carbons (Fsp3) is 0.269. The number of benzene rings is 3. The quantitative estimate of drug-likeness (QED) is 0.374. The van der Waals surface area contributed by atoms with Crippen molar-refractivity contribution in [2.45, 2.75) is 43.5 Å². The van der Waals surface area contributed by atoms with Crippen molar-refractivity contribution in [3.05, 3.63) is 94.5 Å². The van der Waals surface area contributed by atoms with Crippen molar-refractivity contribution in [2.24, 2.45) is 0 Å². The number of hydrogen-bond donors (Lipinski definition) is 1. The second-order valence-corrected chi connectivity index (χ2v) is 11.6. The number of anilines is 1. The van der Waals surface area contributed by atoms with Gasteiger partial charge in [-0.1, -0.05) is 85.6 Å². The van der Waals surface area contributed by atoms with Crippen LogP contribution >= 0.6 is 23.2 Å². The van der Waals surface area contributed by atoms with E-state index >= 15 is 0 Å². The van der Waals surface area contributed by atoms with E-state index in [-0.39, 0.29) is 32.1 Å². The van der Waals surface area contributed by atoms with Gasteiger partial charge in [0.25, 0.3) is 10.0 Å². The maximum absolute atomic E-state index is 13.5. The van der Waals surface area contributed by atoms with Crippen LogP contribution in [-0.2, 0) is 20.2 Å². The number of sulfonamides is 1. The molecule has 0 fully saturated rings. The van der Waals surface area contributed by atoms with Crippen LogP contribution in [0, 0.1) is 0 Å². The average molecular weight is 519 g/mol. The summed E-state index contributed by atoms with van der Waals surface area (Å²) in [5.74, 6) is -0.424. The Morgan fingerprint density at radius 3 is 2.03 bits per heavy atom. The summed E-state index contributed by atoms with van der Waals surface area (Å²) in [5.41, 5.74) is 1.20. The van der Waals surface area contributed by atoms with Crippen molar-refractivity contribution in [2.75, 3.05) is 10.8 Å². The number of carbonyl (C=O) groups excluding carboxylic acids is 1. The van der Waals surface area contributed by atoms with Gasteiger partial charge < -0.3 is 5.32 Å². The first kappa shape index (κ1) is 26.1. The topological polar surface area (TPSA) is 66.5 Å². The molecule has 0 aromatic heterocycles. The number of rotatable bonds is 9. The Kier molecular flexibility index (Phi) is 8.29. The van der Waals surface area contributed by atoms with E-state index in [9.17, 15) is 13.2 Å². The Labute approximate surface area is 211 Å². The summed E-state index contributed by atoms with van der Waals surface area (Å²) in [6, 6.07) is 22.3. The first-order valence-corrected chi connectivity index (χ1v) is 13.1. The molecule has 1 N–H and O–H groups in total. The van der Waals surface area contributed by atoms with Gasteiger partial charge >= 0.3 is 0 Å². The molecule has 5 nitrogen and oxygen atoms in total. The zero-order valence-electron chi connectivity index (χ0n) is 19.3. The van der Waals surface area contributed by atoms with E-state index < -0.39 is 22.5 Å². The lowest BCUT2D eigenvalue weighted by Crippen LogP contribution is -2.45. The van der Waals surface area contributed by atoms with Gasteiger partial charge in [0.15, 0.2) is 0 Å². The lowest BCUT2D eigenvalue weighted by atomic mass is 9.79. The van der Waals surface area contributed by atoms with Crippen molar-refractivity contribution < 1.29 is 13.2 Å². The standard InChI is InChI=1S/C26H28Cl2N2O3S/c1-19(17-26(2,3)20-10-6-4-7-11-20)29-25(31)18-30(23-15-21(27)14-22(28)16-23)34(32,33)24-12-8-5-9-13-24/h4-16,19H,17-18H2,1-3H3,(H,29,31). The molecule has 3 aromatic rings. The molecule has 0 aliphatic heterocycles. The molecule has 1 amide bonds. The molecular formula is C26H28Cl2N2O3S. The average Bonchev–Trinajstić information content (AvgIpc) is 2.77. The largest absolute Gasteiger partial charge is 0.352 e. The molecule has 34 heavy (non-hydrogen) atoms. The van der Waals surface area contributed by atoms with Crippen molar-refractivity contribution in [1.29, 1.82) is 0 Å². The Hall–Kier alpha value is -2.54. The molecule has 0 saturated heterocycles. The van der Waals surface area contributed by atoms with Crippen LogP contribution in [0.15, 0.2) is 83.8 Å². The van der Waals surface area contributed by atoms with Crippen LogP contribution in [0.25, 0.3) is 0 Å². The monoisotopic (exact) mass is 518 g/mol. The first-order chi connectivity index (χ1) is 16.0. The number of nitrogens with zero attached hydrogens (tertiary/aromatic N) is 1. The van der Waals surface area contributed by atoms with Crippen molar-refractivity contribution in [1.82, 2.24) is 5.32 Å². The molecule has 0 aliphatic carbocycles. The van der Waals surface area contributed by atoms with E-state index in [0.717, 1.165) is 9.87 Å². The third-order valence-electron chi connectivity index (χ3n) is 5.53. The fourth-order valence-electron chi connectivity index (χ4n) is 3.99. The molecule has 1 atom stereocenters. The normalized spacial score (nSPS) is 12.7. The van der Waals surface area contributed by atoms with E-state index in [2.05, 4.69) is 31.3 Å². The third kappa shape index (κ3) is 6.53. The highest BCUT2D eigenvalue weighted by molar-refractivity contribution is 7.92. The molecule has 0 heterocycles. The lowest BCUT2D eigenvalue weighted by Gasteiger charge is -2.30. The van der Waals surface area contributed by atoms with Gasteiger partial charge in [-0.2, -0.15) is 0 Å². The van der Waals surface area contributed by atoms with Gasteiger partial charge in [-0.3, -0.25) is 9.10 Å². The number of amides is 1. The molecule has 1 unspecified atom stereocenters. The predicted octanol–water partition coefficient (Wildman–Crippen LogP) is 6.06. The Bertz CT molecular complexity index is 1210. The van der Waals surface area contributed by atoms with E-state index in [1.807, 2.05) is 25.1 Å². The summed E-state index contributed by atoms with van der Waals surface area (Å²) in [7, 11) is -4.04. The molecule has 0 radical (unpaired) electrons. The second kappa shape index (κ2) is 10.8.